The Morgan fingerprint density at radius 1 is 1.28 bits per heavy atom. The third-order valence-electron chi connectivity index (χ3n) is 5.40. The summed E-state index contributed by atoms with van der Waals surface area (Å²) in [5.41, 5.74) is 0.550. The lowest BCUT2D eigenvalue weighted by atomic mass is 10.0. The maximum absolute atomic E-state index is 13.0. The van der Waals surface area contributed by atoms with E-state index < -0.39 is 6.10 Å². The molecule has 3 atom stereocenters. The first-order valence-electron chi connectivity index (χ1n) is 8.72. The van der Waals surface area contributed by atoms with Crippen LogP contribution < -0.4 is 5.32 Å². The molecule has 1 aromatic carbocycles. The largest absolute Gasteiger partial charge is 0.368 e. The Hall–Kier alpha value is -2.15. The van der Waals surface area contributed by atoms with Crippen LogP contribution in [0, 0.1) is 17.7 Å². The van der Waals surface area contributed by atoms with Crippen molar-refractivity contribution in [2.24, 2.45) is 11.8 Å². The third-order valence-corrected chi connectivity index (χ3v) is 5.40. The molecule has 1 aliphatic carbocycles. The highest BCUT2D eigenvalue weighted by atomic mass is 19.1. The molecule has 3 aliphatic rings. The van der Waals surface area contributed by atoms with Crippen LogP contribution in [-0.4, -0.2) is 60.6 Å². The van der Waals surface area contributed by atoms with Gasteiger partial charge in [-0.25, -0.2) is 9.18 Å². The number of rotatable bonds is 4. The van der Waals surface area contributed by atoms with Crippen LogP contribution in [0.4, 0.5) is 14.9 Å². The number of likely N-dealkylation sites (N-methyl/N-ethyl adjacent to an activating group) is 1. The highest BCUT2D eigenvalue weighted by molar-refractivity contribution is 5.90. The molecule has 0 aromatic heterocycles. The predicted molar refractivity (Wildman–Crippen MR) is 89.5 cm³/mol. The molecule has 6 nitrogen and oxygen atoms in total. The van der Waals surface area contributed by atoms with Gasteiger partial charge in [0, 0.05) is 31.7 Å². The maximum atomic E-state index is 13.0. The molecule has 3 fully saturated rings. The van der Waals surface area contributed by atoms with Crippen molar-refractivity contribution in [2.45, 2.75) is 25.0 Å². The molecule has 1 N–H and O–H groups in total. The molecule has 25 heavy (non-hydrogen) atoms. The van der Waals surface area contributed by atoms with E-state index in [2.05, 4.69) is 5.32 Å². The Labute approximate surface area is 145 Å². The van der Waals surface area contributed by atoms with Crippen LogP contribution in [0.25, 0.3) is 0 Å². The van der Waals surface area contributed by atoms with Crippen LogP contribution in [0.5, 0.6) is 0 Å². The summed E-state index contributed by atoms with van der Waals surface area (Å²) in [6.45, 7) is 1.61. The first kappa shape index (κ1) is 16.3. The fourth-order valence-electron chi connectivity index (χ4n) is 3.69. The Morgan fingerprint density at radius 2 is 2.00 bits per heavy atom. The van der Waals surface area contributed by atoms with Crippen molar-refractivity contribution in [2.75, 3.05) is 32.1 Å². The van der Waals surface area contributed by atoms with Crippen LogP contribution in [0.3, 0.4) is 0 Å². The summed E-state index contributed by atoms with van der Waals surface area (Å²) < 4.78 is 18.9. The fraction of sp³-hybridized carbons (Fsp3) is 0.556. The highest BCUT2D eigenvalue weighted by Crippen LogP contribution is 2.36. The summed E-state index contributed by atoms with van der Waals surface area (Å²) >= 11 is 0. The molecule has 0 radical (unpaired) electrons. The van der Waals surface area contributed by atoms with Gasteiger partial charge in [-0.1, -0.05) is 0 Å². The molecule has 2 aliphatic heterocycles. The zero-order valence-corrected chi connectivity index (χ0v) is 14.2. The third kappa shape index (κ3) is 3.20. The molecule has 4 rings (SSSR count). The number of fused-ring (bicyclic) bond motifs is 1. The number of hydrogen-bond acceptors (Lipinski definition) is 3. The van der Waals surface area contributed by atoms with Gasteiger partial charge in [-0.05, 0) is 43.0 Å². The van der Waals surface area contributed by atoms with Crippen molar-refractivity contribution >= 4 is 17.6 Å². The summed E-state index contributed by atoms with van der Waals surface area (Å²) in [4.78, 5) is 28.3. The van der Waals surface area contributed by atoms with Gasteiger partial charge in [0.2, 0.25) is 0 Å². The van der Waals surface area contributed by atoms with Gasteiger partial charge in [0.25, 0.3) is 5.91 Å². The second-order valence-electron chi connectivity index (χ2n) is 7.22. The number of carbonyl (C=O) groups is 2. The van der Waals surface area contributed by atoms with E-state index in [1.165, 1.54) is 37.1 Å². The minimum absolute atomic E-state index is 0.00401. The van der Waals surface area contributed by atoms with Crippen LogP contribution in [0.15, 0.2) is 24.3 Å². The Bertz CT molecular complexity index is 677. The predicted octanol–water partition coefficient (Wildman–Crippen LogP) is 1.93. The Balaban J connectivity index is 1.39. The number of carbonyl (C=O) groups excluding carboxylic acids is 2. The number of ether oxygens (including phenoxy) is 1. The van der Waals surface area contributed by atoms with Gasteiger partial charge in [0.1, 0.15) is 11.9 Å². The number of hydrogen-bond donors (Lipinski definition) is 1. The van der Waals surface area contributed by atoms with Gasteiger partial charge in [0.15, 0.2) is 0 Å². The number of benzene rings is 1. The van der Waals surface area contributed by atoms with Crippen molar-refractivity contribution in [3.05, 3.63) is 30.1 Å². The molecular formula is C18H22FN3O3. The zero-order valence-electron chi connectivity index (χ0n) is 14.2. The van der Waals surface area contributed by atoms with Crippen molar-refractivity contribution in [3.63, 3.8) is 0 Å². The van der Waals surface area contributed by atoms with E-state index in [1.807, 2.05) is 0 Å². The van der Waals surface area contributed by atoms with Crippen LogP contribution in [0.1, 0.15) is 12.8 Å². The number of nitrogens with zero attached hydrogens (tertiary/aromatic N) is 2. The summed E-state index contributed by atoms with van der Waals surface area (Å²) in [5.74, 6) is 0.283. The van der Waals surface area contributed by atoms with E-state index >= 15 is 0 Å². The number of amides is 3. The molecule has 2 saturated heterocycles. The first-order valence-corrected chi connectivity index (χ1v) is 8.72. The Morgan fingerprint density at radius 3 is 2.68 bits per heavy atom. The number of anilines is 1. The van der Waals surface area contributed by atoms with E-state index in [9.17, 15) is 14.0 Å². The topological polar surface area (TPSA) is 61.9 Å². The van der Waals surface area contributed by atoms with E-state index in [0.29, 0.717) is 31.3 Å². The lowest BCUT2D eigenvalue weighted by Crippen LogP contribution is -2.40. The highest BCUT2D eigenvalue weighted by Gasteiger charge is 2.53. The number of likely N-dealkylation sites (tertiary alicyclic amines) is 2. The maximum Gasteiger partial charge on any atom is 0.321 e. The van der Waals surface area contributed by atoms with Crippen LogP contribution >= 0.6 is 0 Å². The van der Waals surface area contributed by atoms with Gasteiger partial charge in [-0.15, -0.1) is 0 Å². The summed E-state index contributed by atoms with van der Waals surface area (Å²) in [5, 5.41) is 2.78. The molecule has 2 heterocycles. The fourth-order valence-corrected chi connectivity index (χ4v) is 3.69. The lowest BCUT2D eigenvalue weighted by molar-refractivity contribution is -0.138. The second-order valence-corrected chi connectivity index (χ2v) is 7.22. The second kappa shape index (κ2) is 6.29. The number of nitrogens with one attached hydrogen (secondary N) is 1. The first-order chi connectivity index (χ1) is 12.0. The molecule has 0 bridgehead atoms. The molecule has 1 aromatic rings. The number of halogens is 1. The molecule has 1 saturated carbocycles. The van der Waals surface area contributed by atoms with Crippen molar-refractivity contribution < 1.29 is 18.7 Å². The lowest BCUT2D eigenvalue weighted by Gasteiger charge is -2.22. The molecular weight excluding hydrogens is 325 g/mol. The van der Waals surface area contributed by atoms with Gasteiger partial charge in [-0.3, -0.25) is 4.79 Å². The van der Waals surface area contributed by atoms with Gasteiger partial charge >= 0.3 is 6.03 Å². The van der Waals surface area contributed by atoms with Gasteiger partial charge in [-0.2, -0.15) is 0 Å². The number of urea groups is 1. The van der Waals surface area contributed by atoms with E-state index in [0.717, 1.165) is 0 Å². The smallest absolute Gasteiger partial charge is 0.321 e. The summed E-state index contributed by atoms with van der Waals surface area (Å²) in [6.07, 6.45) is 1.91. The van der Waals surface area contributed by atoms with Crippen molar-refractivity contribution in [3.8, 4) is 0 Å². The van der Waals surface area contributed by atoms with E-state index in [-0.39, 0.29) is 29.7 Å². The minimum Gasteiger partial charge on any atom is -0.368 e. The summed E-state index contributed by atoms with van der Waals surface area (Å²) in [7, 11) is 1.78. The monoisotopic (exact) mass is 347 g/mol. The van der Waals surface area contributed by atoms with Crippen LogP contribution in [0.2, 0.25) is 0 Å². The standard InChI is InChI=1S/C18H22FN3O3/c1-21-15-9-22(18(24)20-13-6-4-12(19)5-7-13)8-14(15)16(17(21)23)25-10-11-2-3-11/h4-7,11,14-16H,2-3,8-10H2,1H3,(H,20,24)/t14-,15+,16-/m0/s1. The molecule has 134 valence electrons. The molecule has 0 unspecified atom stereocenters. The molecule has 7 heteroatoms. The van der Waals surface area contributed by atoms with E-state index in [4.69, 9.17) is 4.74 Å². The minimum atomic E-state index is -0.445. The molecule has 0 spiro atoms. The van der Waals surface area contributed by atoms with Gasteiger partial charge < -0.3 is 19.9 Å². The SMILES string of the molecule is CN1C(=O)[C@@H](OCC2CC2)[C@H]2CN(C(=O)Nc3ccc(F)cc3)C[C@H]21. The normalized spacial score (nSPS) is 28.4. The summed E-state index contributed by atoms with van der Waals surface area (Å²) in [6, 6.07) is 5.44. The zero-order chi connectivity index (χ0) is 17.6. The average molecular weight is 347 g/mol. The molecule has 3 amide bonds. The Kier molecular flexibility index (Phi) is 4.11. The van der Waals surface area contributed by atoms with Crippen molar-refractivity contribution in [1.82, 2.24) is 9.80 Å². The van der Waals surface area contributed by atoms with Crippen LogP contribution in [-0.2, 0) is 9.53 Å². The van der Waals surface area contributed by atoms with E-state index in [1.54, 1.807) is 16.8 Å². The average Bonchev–Trinajstić information content (AvgIpc) is 3.27. The van der Waals surface area contributed by atoms with Crippen molar-refractivity contribution in [1.29, 1.82) is 0 Å². The van der Waals surface area contributed by atoms with Gasteiger partial charge in [0.05, 0.1) is 12.6 Å². The quantitative estimate of drug-likeness (QED) is 0.905.